The zero-order chi connectivity index (χ0) is 47.3. The van der Waals surface area contributed by atoms with Gasteiger partial charge in [0.05, 0.1) is 11.1 Å². The first-order chi connectivity index (χ1) is 35.0. The quantitative estimate of drug-likeness (QED) is 0.154. The smallest absolute Gasteiger partial charge is 0.0725 e. The van der Waals surface area contributed by atoms with Gasteiger partial charge in [-0.2, -0.15) is 0 Å². The van der Waals surface area contributed by atoms with Crippen LogP contribution >= 0.6 is 0 Å². The van der Waals surface area contributed by atoms with Crippen molar-refractivity contribution in [2.24, 2.45) is 0 Å². The van der Waals surface area contributed by atoms with E-state index < -0.39 is 5.41 Å². The standard InChI is InChI=1S/C70H49N/c1-69(2)66-43-49(46-20-6-3-7-21-46)34-38-58(66)59-40-37-52(45-67(59)69)71(68-33-19-15-26-54(68)48-24-10-5-11-25-48)51-36-39-53(47-22-8-4-9-23-47)60(44-51)50-35-41-65-61(42-50)57-29-14-18-32-64(57)70(65)62-30-16-12-27-55(62)56-28-13-17-31-63(56)70/h3-45H,1-2H3. The number of rotatable bonds is 7. The molecule has 0 unspecified atom stereocenters. The van der Waals surface area contributed by atoms with Gasteiger partial charge >= 0.3 is 0 Å². The van der Waals surface area contributed by atoms with Crippen LogP contribution in [0, 0.1) is 0 Å². The van der Waals surface area contributed by atoms with Gasteiger partial charge in [0.1, 0.15) is 0 Å². The largest absolute Gasteiger partial charge is 0.310 e. The summed E-state index contributed by atoms with van der Waals surface area (Å²) in [6.07, 6.45) is 0. The lowest BCUT2D eigenvalue weighted by Gasteiger charge is -2.31. The van der Waals surface area contributed by atoms with Crippen molar-refractivity contribution in [3.63, 3.8) is 0 Å². The minimum atomic E-state index is -0.399. The number of fused-ring (bicyclic) bond motifs is 13. The molecule has 14 rings (SSSR count). The van der Waals surface area contributed by atoms with Crippen molar-refractivity contribution in [2.45, 2.75) is 24.7 Å². The molecule has 11 aromatic rings. The van der Waals surface area contributed by atoms with Crippen LogP contribution in [-0.2, 0) is 10.8 Å². The van der Waals surface area contributed by atoms with Crippen LogP contribution in [0.15, 0.2) is 261 Å². The molecule has 334 valence electrons. The van der Waals surface area contributed by atoms with Crippen molar-refractivity contribution < 1.29 is 0 Å². The molecule has 71 heavy (non-hydrogen) atoms. The van der Waals surface area contributed by atoms with Gasteiger partial charge in [0.2, 0.25) is 0 Å². The maximum Gasteiger partial charge on any atom is 0.0725 e. The summed E-state index contributed by atoms with van der Waals surface area (Å²) in [7, 11) is 0. The van der Waals surface area contributed by atoms with Crippen molar-refractivity contribution in [3.05, 3.63) is 294 Å². The lowest BCUT2D eigenvalue weighted by Crippen LogP contribution is -2.25. The van der Waals surface area contributed by atoms with Gasteiger partial charge in [0, 0.05) is 22.4 Å². The Morgan fingerprint density at radius 2 is 0.662 bits per heavy atom. The molecule has 0 atom stereocenters. The zero-order valence-electron chi connectivity index (χ0n) is 39.8. The number of hydrogen-bond acceptors (Lipinski definition) is 1. The Bertz CT molecular complexity index is 3850. The predicted octanol–water partition coefficient (Wildman–Crippen LogP) is 18.5. The van der Waals surface area contributed by atoms with Gasteiger partial charge in [-0.3, -0.25) is 0 Å². The van der Waals surface area contributed by atoms with Crippen molar-refractivity contribution >= 4 is 17.1 Å². The van der Waals surface area contributed by atoms with E-state index in [-0.39, 0.29) is 5.41 Å². The lowest BCUT2D eigenvalue weighted by atomic mass is 9.70. The average molecular weight is 904 g/mol. The van der Waals surface area contributed by atoms with Crippen LogP contribution in [0.4, 0.5) is 17.1 Å². The molecule has 0 N–H and O–H groups in total. The van der Waals surface area contributed by atoms with E-state index in [4.69, 9.17) is 0 Å². The van der Waals surface area contributed by atoms with Gasteiger partial charge in [-0.15, -0.1) is 0 Å². The normalized spacial score (nSPS) is 13.7. The molecule has 0 heterocycles. The maximum absolute atomic E-state index is 2.50. The Morgan fingerprint density at radius 1 is 0.239 bits per heavy atom. The summed E-state index contributed by atoms with van der Waals surface area (Å²) >= 11 is 0. The molecule has 0 fully saturated rings. The van der Waals surface area contributed by atoms with Crippen LogP contribution in [0.1, 0.15) is 47.2 Å². The number of benzene rings is 11. The minimum Gasteiger partial charge on any atom is -0.310 e. The van der Waals surface area contributed by atoms with Gasteiger partial charge in [0.15, 0.2) is 0 Å². The Kier molecular flexibility index (Phi) is 9.22. The summed E-state index contributed by atoms with van der Waals surface area (Å²) < 4.78 is 0. The Hall–Kier alpha value is -8.78. The number of para-hydroxylation sites is 1. The molecule has 0 amide bonds. The van der Waals surface area contributed by atoms with Crippen LogP contribution in [0.3, 0.4) is 0 Å². The average Bonchev–Trinajstić information content (AvgIpc) is 4.00. The van der Waals surface area contributed by atoms with E-state index in [1.807, 2.05) is 0 Å². The highest BCUT2D eigenvalue weighted by Gasteiger charge is 2.51. The fourth-order valence-electron chi connectivity index (χ4n) is 12.7. The highest BCUT2D eigenvalue weighted by Crippen LogP contribution is 2.63. The van der Waals surface area contributed by atoms with Gasteiger partial charge in [0.25, 0.3) is 0 Å². The SMILES string of the molecule is CC1(C)c2cc(-c3ccccc3)ccc2-c2ccc(N(c3ccc(-c4ccccc4)c(-c4ccc5c(c4)-c4ccccc4C54c5ccccc5-c5ccccc54)c3)c3ccccc3-c3ccccc3)cc21. The Labute approximate surface area is 416 Å². The van der Waals surface area contributed by atoms with Crippen molar-refractivity contribution in [1.82, 2.24) is 0 Å². The van der Waals surface area contributed by atoms with Crippen LogP contribution in [0.25, 0.3) is 77.9 Å². The first-order valence-corrected chi connectivity index (χ1v) is 24.9. The predicted molar refractivity (Wildman–Crippen MR) is 297 cm³/mol. The van der Waals surface area contributed by atoms with Crippen LogP contribution < -0.4 is 4.90 Å². The van der Waals surface area contributed by atoms with E-state index in [9.17, 15) is 0 Å². The minimum absolute atomic E-state index is 0.225. The number of hydrogen-bond donors (Lipinski definition) is 0. The van der Waals surface area contributed by atoms with Gasteiger partial charge in [-0.1, -0.05) is 232 Å². The zero-order valence-corrected chi connectivity index (χ0v) is 39.8. The molecule has 3 aliphatic carbocycles. The molecule has 1 spiro atoms. The molecule has 0 aliphatic heterocycles. The molecule has 0 saturated carbocycles. The van der Waals surface area contributed by atoms with E-state index in [1.165, 1.54) is 111 Å². The van der Waals surface area contributed by atoms with Crippen LogP contribution in [0.2, 0.25) is 0 Å². The molecular weight excluding hydrogens is 855 g/mol. The molecule has 3 aliphatic rings. The summed E-state index contributed by atoms with van der Waals surface area (Å²) in [5.41, 5.74) is 28.3. The second kappa shape index (κ2) is 15.9. The first-order valence-electron chi connectivity index (χ1n) is 24.9. The van der Waals surface area contributed by atoms with E-state index in [0.29, 0.717) is 0 Å². The van der Waals surface area contributed by atoms with E-state index in [0.717, 1.165) is 17.1 Å². The maximum atomic E-state index is 2.50. The molecular formula is C70H49N. The summed E-state index contributed by atoms with van der Waals surface area (Å²) in [6, 6.07) is 97.3. The number of anilines is 3. The van der Waals surface area contributed by atoms with Gasteiger partial charge in [-0.05, 0) is 148 Å². The third kappa shape index (κ3) is 6.13. The molecule has 1 nitrogen and oxygen atoms in total. The van der Waals surface area contributed by atoms with Gasteiger partial charge in [-0.25, -0.2) is 0 Å². The Morgan fingerprint density at radius 3 is 1.28 bits per heavy atom. The highest BCUT2D eigenvalue weighted by atomic mass is 15.1. The third-order valence-corrected chi connectivity index (χ3v) is 15.9. The molecule has 11 aromatic carbocycles. The second-order valence-corrected chi connectivity index (χ2v) is 19.9. The molecule has 0 radical (unpaired) electrons. The number of nitrogens with zero attached hydrogens (tertiary/aromatic N) is 1. The summed E-state index contributed by atoms with van der Waals surface area (Å²) in [4.78, 5) is 2.50. The molecule has 0 saturated heterocycles. The molecule has 0 bridgehead atoms. The monoisotopic (exact) mass is 903 g/mol. The summed E-state index contributed by atoms with van der Waals surface area (Å²) in [6.45, 7) is 4.79. The fraction of sp³-hybridized carbons (Fsp3) is 0.0571. The topological polar surface area (TPSA) is 3.24 Å². The summed E-state index contributed by atoms with van der Waals surface area (Å²) in [5, 5.41) is 0. The first kappa shape index (κ1) is 41.2. The molecule has 1 heteroatoms. The van der Waals surface area contributed by atoms with Gasteiger partial charge < -0.3 is 4.90 Å². The molecule has 0 aromatic heterocycles. The fourth-order valence-corrected chi connectivity index (χ4v) is 12.7. The van der Waals surface area contributed by atoms with E-state index >= 15 is 0 Å². The Balaban J connectivity index is 0.978. The lowest BCUT2D eigenvalue weighted by molar-refractivity contribution is 0.660. The van der Waals surface area contributed by atoms with E-state index in [2.05, 4.69) is 280 Å². The van der Waals surface area contributed by atoms with Crippen molar-refractivity contribution in [2.75, 3.05) is 4.90 Å². The van der Waals surface area contributed by atoms with Crippen molar-refractivity contribution in [1.29, 1.82) is 0 Å². The van der Waals surface area contributed by atoms with Crippen molar-refractivity contribution in [3.8, 4) is 77.9 Å². The van der Waals surface area contributed by atoms with Crippen LogP contribution in [-0.4, -0.2) is 0 Å². The summed E-state index contributed by atoms with van der Waals surface area (Å²) in [5.74, 6) is 0. The van der Waals surface area contributed by atoms with Crippen LogP contribution in [0.5, 0.6) is 0 Å². The van der Waals surface area contributed by atoms with E-state index in [1.54, 1.807) is 0 Å². The highest BCUT2D eigenvalue weighted by molar-refractivity contribution is 5.99. The second-order valence-electron chi connectivity index (χ2n) is 19.9. The third-order valence-electron chi connectivity index (χ3n) is 15.9.